The topological polar surface area (TPSA) is 51.0 Å². The van der Waals surface area contributed by atoms with E-state index in [-0.39, 0.29) is 0 Å². The van der Waals surface area contributed by atoms with Crippen LogP contribution in [-0.2, 0) is 0 Å². The molecule has 0 bridgehead atoms. The Bertz CT molecular complexity index is 446. The van der Waals surface area contributed by atoms with Crippen LogP contribution < -0.4 is 5.32 Å². The number of rotatable bonds is 2. The third-order valence-corrected chi connectivity index (χ3v) is 3.74. The molecule has 1 aliphatic rings. The number of thiophene rings is 1. The summed E-state index contributed by atoms with van der Waals surface area (Å²) >= 11 is 1.63. The van der Waals surface area contributed by atoms with Gasteiger partial charge in [-0.3, -0.25) is 0 Å². The lowest BCUT2D eigenvalue weighted by Gasteiger charge is -2.18. The van der Waals surface area contributed by atoms with Gasteiger partial charge < -0.3 is 9.84 Å². The second-order valence-corrected chi connectivity index (χ2v) is 4.91. The fourth-order valence-corrected chi connectivity index (χ4v) is 2.63. The zero-order valence-corrected chi connectivity index (χ0v) is 9.67. The second-order valence-electron chi connectivity index (χ2n) is 3.96. The van der Waals surface area contributed by atoms with Crippen molar-refractivity contribution in [3.63, 3.8) is 0 Å². The largest absolute Gasteiger partial charge is 0.333 e. The molecule has 1 saturated heterocycles. The van der Waals surface area contributed by atoms with Crippen LogP contribution in [0.2, 0.25) is 0 Å². The average molecular weight is 235 g/mol. The van der Waals surface area contributed by atoms with Gasteiger partial charge in [0.2, 0.25) is 0 Å². The van der Waals surface area contributed by atoms with Crippen molar-refractivity contribution in [2.45, 2.75) is 18.8 Å². The lowest BCUT2D eigenvalue weighted by Crippen LogP contribution is -2.27. The summed E-state index contributed by atoms with van der Waals surface area (Å²) in [4.78, 5) is 5.53. The molecule has 2 aromatic heterocycles. The van der Waals surface area contributed by atoms with Crippen molar-refractivity contribution in [1.82, 2.24) is 15.5 Å². The minimum Gasteiger partial charge on any atom is -0.333 e. The van der Waals surface area contributed by atoms with E-state index < -0.39 is 0 Å². The lowest BCUT2D eigenvalue weighted by molar-refractivity contribution is 0.392. The molecule has 1 fully saturated rings. The second kappa shape index (κ2) is 4.35. The first-order valence-electron chi connectivity index (χ1n) is 5.51. The summed E-state index contributed by atoms with van der Waals surface area (Å²) in [6.45, 7) is 2.10. The molecule has 1 aliphatic heterocycles. The number of nitrogens with zero attached hydrogens (tertiary/aromatic N) is 2. The summed E-state index contributed by atoms with van der Waals surface area (Å²) in [5.41, 5.74) is 0. The summed E-state index contributed by atoms with van der Waals surface area (Å²) in [5.74, 6) is 1.98. The van der Waals surface area contributed by atoms with E-state index in [2.05, 4.69) is 15.5 Å². The Morgan fingerprint density at radius 3 is 3.00 bits per heavy atom. The molecular formula is C11H13N3OS. The number of hydrogen-bond acceptors (Lipinski definition) is 5. The van der Waals surface area contributed by atoms with Gasteiger partial charge in [0.05, 0.1) is 4.88 Å². The number of aromatic nitrogens is 2. The first kappa shape index (κ1) is 9.99. The Morgan fingerprint density at radius 1 is 1.38 bits per heavy atom. The third kappa shape index (κ3) is 1.88. The van der Waals surface area contributed by atoms with E-state index in [0.29, 0.717) is 11.8 Å². The maximum Gasteiger partial charge on any atom is 0.267 e. The molecular weight excluding hydrogens is 222 g/mol. The Balaban J connectivity index is 1.82. The van der Waals surface area contributed by atoms with E-state index in [0.717, 1.165) is 36.6 Å². The van der Waals surface area contributed by atoms with Crippen molar-refractivity contribution < 1.29 is 4.52 Å². The van der Waals surface area contributed by atoms with E-state index in [1.165, 1.54) is 0 Å². The van der Waals surface area contributed by atoms with Gasteiger partial charge in [0.15, 0.2) is 5.82 Å². The normalized spacial score (nSPS) is 17.8. The minimum atomic E-state index is 0.457. The van der Waals surface area contributed by atoms with Gasteiger partial charge in [0, 0.05) is 5.92 Å². The molecule has 0 saturated carbocycles. The SMILES string of the molecule is c1csc(-c2nc(C3CCNCC3)no2)c1. The highest BCUT2D eigenvalue weighted by atomic mass is 32.1. The van der Waals surface area contributed by atoms with Gasteiger partial charge in [-0.05, 0) is 37.4 Å². The molecule has 0 spiro atoms. The molecule has 84 valence electrons. The molecule has 16 heavy (non-hydrogen) atoms. The fourth-order valence-electron chi connectivity index (χ4n) is 1.98. The van der Waals surface area contributed by atoms with E-state index in [1.54, 1.807) is 11.3 Å². The van der Waals surface area contributed by atoms with Crippen molar-refractivity contribution in [2.75, 3.05) is 13.1 Å². The molecule has 3 heterocycles. The van der Waals surface area contributed by atoms with Crippen molar-refractivity contribution >= 4 is 11.3 Å². The first-order valence-corrected chi connectivity index (χ1v) is 6.39. The molecule has 1 N–H and O–H groups in total. The van der Waals surface area contributed by atoms with Gasteiger partial charge >= 0.3 is 0 Å². The predicted octanol–water partition coefficient (Wildman–Crippen LogP) is 2.27. The van der Waals surface area contributed by atoms with Crippen molar-refractivity contribution in [3.05, 3.63) is 23.3 Å². The summed E-state index contributed by atoms with van der Waals surface area (Å²) in [6, 6.07) is 4.00. The lowest BCUT2D eigenvalue weighted by atomic mass is 9.98. The summed E-state index contributed by atoms with van der Waals surface area (Å²) < 4.78 is 5.29. The van der Waals surface area contributed by atoms with Crippen LogP contribution in [0.15, 0.2) is 22.0 Å². The van der Waals surface area contributed by atoms with E-state index >= 15 is 0 Å². The molecule has 4 nitrogen and oxygen atoms in total. The van der Waals surface area contributed by atoms with Gasteiger partial charge in [0.1, 0.15) is 0 Å². The maximum absolute atomic E-state index is 5.29. The van der Waals surface area contributed by atoms with Crippen molar-refractivity contribution in [3.8, 4) is 10.8 Å². The molecule has 0 amide bonds. The molecule has 0 atom stereocenters. The van der Waals surface area contributed by atoms with Crippen LogP contribution in [-0.4, -0.2) is 23.2 Å². The standard InChI is InChI=1S/C11H13N3OS/c1-2-9(16-7-1)11-13-10(14-15-11)8-3-5-12-6-4-8/h1-2,7-8,12H,3-6H2. The van der Waals surface area contributed by atoms with Crippen LogP contribution in [0.25, 0.3) is 10.8 Å². The molecule has 5 heteroatoms. The number of nitrogens with one attached hydrogen (secondary N) is 1. The Hall–Kier alpha value is -1.20. The summed E-state index contributed by atoms with van der Waals surface area (Å²) in [5, 5.41) is 9.44. The highest BCUT2D eigenvalue weighted by molar-refractivity contribution is 7.13. The van der Waals surface area contributed by atoms with Crippen molar-refractivity contribution in [1.29, 1.82) is 0 Å². The minimum absolute atomic E-state index is 0.457. The monoisotopic (exact) mass is 235 g/mol. The van der Waals surface area contributed by atoms with E-state index in [4.69, 9.17) is 4.52 Å². The first-order chi connectivity index (χ1) is 7.93. The summed E-state index contributed by atoms with van der Waals surface area (Å²) in [7, 11) is 0. The molecule has 0 aromatic carbocycles. The van der Waals surface area contributed by atoms with Gasteiger partial charge in [-0.2, -0.15) is 4.98 Å². The van der Waals surface area contributed by atoms with Crippen LogP contribution in [0.5, 0.6) is 0 Å². The van der Waals surface area contributed by atoms with Crippen LogP contribution in [0.4, 0.5) is 0 Å². The maximum atomic E-state index is 5.29. The zero-order valence-electron chi connectivity index (χ0n) is 8.85. The highest BCUT2D eigenvalue weighted by Gasteiger charge is 2.21. The molecule has 0 aliphatic carbocycles. The van der Waals surface area contributed by atoms with E-state index in [9.17, 15) is 0 Å². The van der Waals surface area contributed by atoms with Crippen LogP contribution >= 0.6 is 11.3 Å². The molecule has 2 aromatic rings. The molecule has 0 unspecified atom stereocenters. The number of piperidine rings is 1. The fraction of sp³-hybridized carbons (Fsp3) is 0.455. The summed E-state index contributed by atoms with van der Waals surface area (Å²) in [6.07, 6.45) is 2.20. The van der Waals surface area contributed by atoms with Gasteiger partial charge in [-0.15, -0.1) is 11.3 Å². The quantitative estimate of drug-likeness (QED) is 0.867. The van der Waals surface area contributed by atoms with Crippen molar-refractivity contribution in [2.24, 2.45) is 0 Å². The van der Waals surface area contributed by atoms with Crippen LogP contribution in [0.1, 0.15) is 24.6 Å². The van der Waals surface area contributed by atoms with E-state index in [1.807, 2.05) is 17.5 Å². The zero-order chi connectivity index (χ0) is 10.8. The molecule has 0 radical (unpaired) electrons. The third-order valence-electron chi connectivity index (χ3n) is 2.88. The Kier molecular flexibility index (Phi) is 2.71. The molecule has 3 rings (SSSR count). The van der Waals surface area contributed by atoms with Gasteiger partial charge in [0.25, 0.3) is 5.89 Å². The Morgan fingerprint density at radius 2 is 2.25 bits per heavy atom. The average Bonchev–Trinajstić information content (AvgIpc) is 3.01. The number of hydrogen-bond donors (Lipinski definition) is 1. The smallest absolute Gasteiger partial charge is 0.267 e. The highest BCUT2D eigenvalue weighted by Crippen LogP contribution is 2.27. The van der Waals surface area contributed by atoms with Crippen LogP contribution in [0, 0.1) is 0 Å². The van der Waals surface area contributed by atoms with Crippen LogP contribution in [0.3, 0.4) is 0 Å². The van der Waals surface area contributed by atoms with Gasteiger partial charge in [-0.25, -0.2) is 0 Å². The van der Waals surface area contributed by atoms with Gasteiger partial charge in [-0.1, -0.05) is 11.2 Å². The Labute approximate surface area is 97.7 Å². The predicted molar refractivity (Wildman–Crippen MR) is 62.5 cm³/mol.